The molecule has 0 radical (unpaired) electrons. The summed E-state index contributed by atoms with van der Waals surface area (Å²) in [7, 11) is 0. The van der Waals surface area contributed by atoms with Crippen LogP contribution in [0.3, 0.4) is 0 Å². The first-order valence-electron chi connectivity index (χ1n) is 12.6. The van der Waals surface area contributed by atoms with Crippen LogP contribution in [0.5, 0.6) is 0 Å². The van der Waals surface area contributed by atoms with Crippen LogP contribution < -0.4 is 5.73 Å². The van der Waals surface area contributed by atoms with E-state index in [0.29, 0.717) is 56.2 Å². The summed E-state index contributed by atoms with van der Waals surface area (Å²) < 4.78 is 57.3. The lowest BCUT2D eigenvalue weighted by Gasteiger charge is -2.40. The molecule has 13 heteroatoms. The number of thioether (sulfide) groups is 1. The van der Waals surface area contributed by atoms with E-state index in [1.54, 1.807) is 17.3 Å². The lowest BCUT2D eigenvalue weighted by molar-refractivity contribution is -0.149. The van der Waals surface area contributed by atoms with Gasteiger partial charge in [0.15, 0.2) is 10.8 Å². The van der Waals surface area contributed by atoms with Crippen LogP contribution in [0.1, 0.15) is 42.9 Å². The molecule has 204 valence electrons. The summed E-state index contributed by atoms with van der Waals surface area (Å²) >= 11 is 1.26. The number of nitrogens with two attached hydrogens (primary N) is 1. The van der Waals surface area contributed by atoms with Gasteiger partial charge in [0, 0.05) is 63.7 Å². The Hall–Kier alpha value is -2.77. The predicted octanol–water partition coefficient (Wildman–Crippen LogP) is 4.02. The predicted molar refractivity (Wildman–Crippen MR) is 135 cm³/mol. The number of fused-ring (bicyclic) bond motifs is 1. The van der Waals surface area contributed by atoms with Crippen molar-refractivity contribution >= 4 is 28.7 Å². The molecule has 2 saturated heterocycles. The fraction of sp³-hybridized carbons (Fsp3) is 0.520. The molecule has 1 amide bonds. The highest BCUT2D eigenvalue weighted by Crippen LogP contribution is 2.37. The minimum atomic E-state index is -4.46. The fourth-order valence-corrected chi connectivity index (χ4v) is 6.04. The molecule has 38 heavy (non-hydrogen) atoms. The van der Waals surface area contributed by atoms with Gasteiger partial charge >= 0.3 is 6.18 Å². The van der Waals surface area contributed by atoms with Crippen LogP contribution in [0, 0.1) is 0 Å². The third kappa shape index (κ3) is 5.50. The second-order valence-electron chi connectivity index (χ2n) is 9.79. The van der Waals surface area contributed by atoms with Crippen LogP contribution in [0.2, 0.25) is 0 Å². The molecule has 1 aromatic carbocycles. The molecule has 0 bridgehead atoms. The van der Waals surface area contributed by atoms with Gasteiger partial charge in [0.2, 0.25) is 0 Å². The van der Waals surface area contributed by atoms with E-state index in [1.807, 2.05) is 10.6 Å². The van der Waals surface area contributed by atoms with Gasteiger partial charge in [-0.15, -0.1) is 0 Å². The number of hydrogen-bond acceptors (Lipinski definition) is 7. The molecule has 2 aliphatic heterocycles. The maximum Gasteiger partial charge on any atom is 0.416 e. The third-order valence-electron chi connectivity index (χ3n) is 7.40. The Morgan fingerprint density at radius 3 is 2.47 bits per heavy atom. The van der Waals surface area contributed by atoms with E-state index in [4.69, 9.17) is 5.73 Å². The zero-order valence-electron chi connectivity index (χ0n) is 20.7. The number of benzene rings is 1. The van der Waals surface area contributed by atoms with Crippen molar-refractivity contribution in [2.75, 3.05) is 32.1 Å². The number of piperidine rings is 2. The first-order chi connectivity index (χ1) is 18.2. The second-order valence-corrected chi connectivity index (χ2v) is 10.8. The molecule has 0 saturated carbocycles. The fourth-order valence-electron chi connectivity index (χ4n) is 5.34. The number of amides is 1. The Morgan fingerprint density at radius 1 is 1.11 bits per heavy atom. The summed E-state index contributed by atoms with van der Waals surface area (Å²) in [5, 5.41) is 8.18. The van der Waals surface area contributed by atoms with Gasteiger partial charge in [0.05, 0.1) is 22.8 Å². The number of carbonyl (C=O) groups is 1. The first-order valence-corrected chi connectivity index (χ1v) is 13.5. The zero-order chi connectivity index (χ0) is 26.9. The van der Waals surface area contributed by atoms with Crippen LogP contribution in [0.25, 0.3) is 11.0 Å². The number of alkyl halides is 4. The molecule has 5 rings (SSSR count). The molecule has 8 nitrogen and oxygen atoms in total. The number of imidazole rings is 1. The highest BCUT2D eigenvalue weighted by molar-refractivity contribution is 7.99. The van der Waals surface area contributed by atoms with E-state index in [0.717, 1.165) is 17.7 Å². The minimum absolute atomic E-state index is 0.0822. The highest BCUT2D eigenvalue weighted by Gasteiger charge is 2.45. The maximum absolute atomic E-state index is 15.8. The van der Waals surface area contributed by atoms with Crippen molar-refractivity contribution in [3.8, 4) is 0 Å². The molecular weight excluding hydrogens is 522 g/mol. The normalized spacial score (nSPS) is 19.2. The quantitative estimate of drug-likeness (QED) is 0.281. The van der Waals surface area contributed by atoms with Gasteiger partial charge in [-0.3, -0.25) is 9.69 Å². The summed E-state index contributed by atoms with van der Waals surface area (Å²) in [6.45, 7) is 2.32. The number of carbonyl (C=O) groups excluding carboxylic acids is 1. The molecular formula is C25H29F4N7OS. The Bertz CT molecular complexity index is 1270. The van der Waals surface area contributed by atoms with Crippen molar-refractivity contribution in [1.29, 1.82) is 0 Å². The Kier molecular flexibility index (Phi) is 7.60. The first kappa shape index (κ1) is 26.8. The number of halogens is 4. The summed E-state index contributed by atoms with van der Waals surface area (Å²) in [5.74, 6) is -0.241. The third-order valence-corrected chi connectivity index (χ3v) is 8.11. The van der Waals surface area contributed by atoms with E-state index in [9.17, 15) is 18.0 Å². The number of aromatic nitrogens is 4. The van der Waals surface area contributed by atoms with E-state index in [2.05, 4.69) is 20.1 Å². The number of hydrogen-bond donors (Lipinski definition) is 1. The summed E-state index contributed by atoms with van der Waals surface area (Å²) in [4.78, 5) is 21.3. The van der Waals surface area contributed by atoms with Crippen molar-refractivity contribution in [2.45, 2.75) is 55.3 Å². The Morgan fingerprint density at radius 2 is 1.84 bits per heavy atom. The van der Waals surface area contributed by atoms with Crippen molar-refractivity contribution < 1.29 is 22.4 Å². The maximum atomic E-state index is 15.8. The summed E-state index contributed by atoms with van der Waals surface area (Å²) in [6, 6.07) is 5.34. The lowest BCUT2D eigenvalue weighted by Crippen LogP contribution is -2.53. The summed E-state index contributed by atoms with van der Waals surface area (Å²) in [5.41, 5.74) is 4.92. The van der Waals surface area contributed by atoms with Gasteiger partial charge < -0.3 is 15.2 Å². The van der Waals surface area contributed by atoms with Crippen molar-refractivity contribution in [3.05, 3.63) is 47.8 Å². The zero-order valence-corrected chi connectivity index (χ0v) is 21.5. The molecule has 2 fully saturated rings. The van der Waals surface area contributed by atoms with Gasteiger partial charge in [-0.05, 0) is 42.7 Å². The molecule has 2 aromatic heterocycles. The Balaban J connectivity index is 1.24. The standard InChI is InChI=1S/C25H29F4N7OS/c26-24(6-11-34(12-7-24)15-17-3-8-31-32-14-17)22(37)35-9-4-19(5-10-35)36-21-2-1-18(25(27,28)29)13-20(21)33-23(36)38-16-30/h1-3,8,13-14,19H,4-7,9-12,15-16,30H2. The molecule has 4 heterocycles. The van der Waals surface area contributed by atoms with Gasteiger partial charge in [0.25, 0.3) is 5.91 Å². The van der Waals surface area contributed by atoms with E-state index in [1.165, 1.54) is 17.8 Å². The van der Waals surface area contributed by atoms with Crippen molar-refractivity contribution in [3.63, 3.8) is 0 Å². The molecule has 2 aliphatic rings. The molecule has 3 aromatic rings. The van der Waals surface area contributed by atoms with Crippen LogP contribution >= 0.6 is 11.8 Å². The number of nitrogens with zero attached hydrogens (tertiary/aromatic N) is 6. The van der Waals surface area contributed by atoms with E-state index < -0.39 is 23.3 Å². The van der Waals surface area contributed by atoms with Gasteiger partial charge in [-0.2, -0.15) is 23.4 Å². The summed E-state index contributed by atoms with van der Waals surface area (Å²) in [6.07, 6.45) is 0.212. The average molecular weight is 552 g/mol. The van der Waals surface area contributed by atoms with Crippen LogP contribution in [0.15, 0.2) is 41.8 Å². The van der Waals surface area contributed by atoms with E-state index >= 15 is 4.39 Å². The SMILES string of the molecule is NCSc1nc2cc(C(F)(F)F)ccc2n1C1CCN(C(=O)C2(F)CCN(Cc3ccnnc3)CC2)CC1. The van der Waals surface area contributed by atoms with Gasteiger partial charge in [0.1, 0.15) is 0 Å². The number of rotatable bonds is 6. The molecule has 0 atom stereocenters. The average Bonchev–Trinajstić information content (AvgIpc) is 3.27. The smallest absolute Gasteiger partial charge is 0.340 e. The largest absolute Gasteiger partial charge is 0.416 e. The number of likely N-dealkylation sites (tertiary alicyclic amines) is 2. The monoisotopic (exact) mass is 551 g/mol. The molecule has 0 unspecified atom stereocenters. The van der Waals surface area contributed by atoms with Crippen LogP contribution in [0.4, 0.5) is 17.6 Å². The molecule has 0 spiro atoms. The molecule has 2 N–H and O–H groups in total. The van der Waals surface area contributed by atoms with Crippen LogP contribution in [-0.2, 0) is 17.5 Å². The highest BCUT2D eigenvalue weighted by atomic mass is 32.2. The lowest BCUT2D eigenvalue weighted by atomic mass is 9.90. The van der Waals surface area contributed by atoms with E-state index in [-0.39, 0.29) is 30.3 Å². The van der Waals surface area contributed by atoms with Crippen LogP contribution in [-0.4, -0.2) is 73.2 Å². The van der Waals surface area contributed by atoms with Crippen molar-refractivity contribution in [1.82, 2.24) is 29.5 Å². The van der Waals surface area contributed by atoms with Gasteiger partial charge in [-0.25, -0.2) is 9.37 Å². The second kappa shape index (κ2) is 10.8. The van der Waals surface area contributed by atoms with Gasteiger partial charge in [-0.1, -0.05) is 11.8 Å². The topological polar surface area (TPSA) is 93.2 Å². The molecule has 0 aliphatic carbocycles. The minimum Gasteiger partial charge on any atom is -0.340 e. The Labute approximate surface area is 221 Å². The van der Waals surface area contributed by atoms with Crippen molar-refractivity contribution in [2.24, 2.45) is 5.73 Å².